The van der Waals surface area contributed by atoms with Crippen LogP contribution in [0, 0.1) is 5.92 Å². The van der Waals surface area contributed by atoms with Crippen molar-refractivity contribution in [3.8, 4) is 5.75 Å². The summed E-state index contributed by atoms with van der Waals surface area (Å²) in [6.45, 7) is 0. The number of hydrogen-bond donors (Lipinski definition) is 0. The zero-order chi connectivity index (χ0) is 15.2. The average Bonchev–Trinajstić information content (AvgIpc) is 2.50. The second kappa shape index (κ2) is 7.93. The molecule has 1 unspecified atom stereocenters. The van der Waals surface area contributed by atoms with E-state index in [9.17, 15) is 0 Å². The van der Waals surface area contributed by atoms with E-state index in [2.05, 4.69) is 6.07 Å². The average molecular weight is 344 g/mol. The van der Waals surface area contributed by atoms with Crippen molar-refractivity contribution in [3.05, 3.63) is 63.6 Å². The summed E-state index contributed by atoms with van der Waals surface area (Å²) < 4.78 is 5.25. The van der Waals surface area contributed by atoms with Crippen LogP contribution in [0.1, 0.15) is 11.1 Å². The quantitative estimate of drug-likeness (QED) is 0.616. The highest BCUT2D eigenvalue weighted by molar-refractivity contribution is 6.33. The van der Waals surface area contributed by atoms with Crippen LogP contribution in [0.4, 0.5) is 0 Å². The zero-order valence-corrected chi connectivity index (χ0v) is 14.1. The topological polar surface area (TPSA) is 9.23 Å². The Morgan fingerprint density at radius 2 is 1.86 bits per heavy atom. The van der Waals surface area contributed by atoms with Crippen molar-refractivity contribution >= 4 is 34.8 Å². The van der Waals surface area contributed by atoms with Crippen LogP contribution in [0.5, 0.6) is 5.75 Å². The second-order valence-electron chi connectivity index (χ2n) is 5.02. The molecule has 0 spiro atoms. The molecule has 0 heterocycles. The summed E-state index contributed by atoms with van der Waals surface area (Å²) in [5.74, 6) is 1.73. The van der Waals surface area contributed by atoms with E-state index < -0.39 is 0 Å². The van der Waals surface area contributed by atoms with Crippen LogP contribution < -0.4 is 4.74 Å². The molecule has 0 N–H and O–H groups in total. The highest BCUT2D eigenvalue weighted by Crippen LogP contribution is 2.26. The second-order valence-corrected chi connectivity index (χ2v) is 6.17. The number of ether oxygens (including phenoxy) is 1. The van der Waals surface area contributed by atoms with Crippen molar-refractivity contribution < 1.29 is 4.74 Å². The van der Waals surface area contributed by atoms with Gasteiger partial charge in [-0.1, -0.05) is 35.3 Å². The Kier molecular flexibility index (Phi) is 6.22. The lowest BCUT2D eigenvalue weighted by Crippen LogP contribution is -2.10. The predicted octanol–water partition coefficient (Wildman–Crippen LogP) is 5.64. The minimum Gasteiger partial charge on any atom is -0.497 e. The van der Waals surface area contributed by atoms with E-state index in [1.165, 1.54) is 5.56 Å². The lowest BCUT2D eigenvalue weighted by atomic mass is 9.94. The standard InChI is InChI=1S/C17H17Cl3O/c1-21-16-4-2-3-12(9-16)7-13(11-18)8-14-10-15(19)5-6-17(14)20/h2-6,9-10,13H,7-8,11H2,1H3. The summed E-state index contributed by atoms with van der Waals surface area (Å²) in [6.07, 6.45) is 1.68. The first-order valence-electron chi connectivity index (χ1n) is 6.75. The van der Waals surface area contributed by atoms with Gasteiger partial charge in [0, 0.05) is 15.9 Å². The molecule has 0 saturated carbocycles. The molecule has 2 rings (SSSR count). The molecule has 2 aromatic rings. The van der Waals surface area contributed by atoms with E-state index in [-0.39, 0.29) is 0 Å². The molecule has 1 nitrogen and oxygen atoms in total. The molecule has 0 saturated heterocycles. The van der Waals surface area contributed by atoms with Crippen LogP contribution in [-0.2, 0) is 12.8 Å². The Hall–Kier alpha value is -0.890. The van der Waals surface area contributed by atoms with E-state index in [0.717, 1.165) is 29.2 Å². The fraction of sp³-hybridized carbons (Fsp3) is 0.294. The van der Waals surface area contributed by atoms with Gasteiger partial charge >= 0.3 is 0 Å². The molecular formula is C17H17Cl3O. The molecule has 0 radical (unpaired) electrons. The number of benzene rings is 2. The fourth-order valence-corrected chi connectivity index (χ4v) is 2.93. The molecule has 21 heavy (non-hydrogen) atoms. The molecule has 112 valence electrons. The summed E-state index contributed by atoms with van der Waals surface area (Å²) in [5.41, 5.74) is 2.25. The van der Waals surface area contributed by atoms with Gasteiger partial charge < -0.3 is 4.74 Å². The number of alkyl halides is 1. The first kappa shape index (κ1) is 16.5. The van der Waals surface area contributed by atoms with Crippen molar-refractivity contribution in [2.45, 2.75) is 12.8 Å². The van der Waals surface area contributed by atoms with Crippen molar-refractivity contribution in [3.63, 3.8) is 0 Å². The number of hydrogen-bond acceptors (Lipinski definition) is 1. The summed E-state index contributed by atoms with van der Waals surface area (Å²) >= 11 is 18.4. The normalized spacial score (nSPS) is 12.2. The van der Waals surface area contributed by atoms with Crippen LogP contribution in [0.25, 0.3) is 0 Å². The third-order valence-electron chi connectivity index (χ3n) is 3.39. The molecule has 0 aliphatic heterocycles. The summed E-state index contributed by atoms with van der Waals surface area (Å²) in [4.78, 5) is 0. The summed E-state index contributed by atoms with van der Waals surface area (Å²) in [6, 6.07) is 13.6. The van der Waals surface area contributed by atoms with Gasteiger partial charge in [0.25, 0.3) is 0 Å². The minimum absolute atomic E-state index is 0.301. The van der Waals surface area contributed by atoms with E-state index in [1.54, 1.807) is 13.2 Å². The summed E-state index contributed by atoms with van der Waals surface area (Å²) in [5, 5.41) is 1.43. The van der Waals surface area contributed by atoms with Gasteiger partial charge in [-0.25, -0.2) is 0 Å². The van der Waals surface area contributed by atoms with Crippen molar-refractivity contribution in [1.29, 1.82) is 0 Å². The molecule has 2 aromatic carbocycles. The molecular weight excluding hydrogens is 327 g/mol. The number of halogens is 3. The van der Waals surface area contributed by atoms with Crippen LogP contribution in [0.15, 0.2) is 42.5 Å². The Bertz CT molecular complexity index is 598. The van der Waals surface area contributed by atoms with E-state index in [0.29, 0.717) is 16.8 Å². The van der Waals surface area contributed by atoms with Crippen LogP contribution in [0.2, 0.25) is 10.0 Å². The lowest BCUT2D eigenvalue weighted by molar-refractivity contribution is 0.414. The fourth-order valence-electron chi connectivity index (χ4n) is 2.32. The monoisotopic (exact) mass is 342 g/mol. The van der Waals surface area contributed by atoms with Crippen LogP contribution in [0.3, 0.4) is 0 Å². The van der Waals surface area contributed by atoms with Gasteiger partial charge in [0.1, 0.15) is 5.75 Å². The maximum absolute atomic E-state index is 6.23. The largest absolute Gasteiger partial charge is 0.497 e. The van der Waals surface area contributed by atoms with Gasteiger partial charge in [-0.05, 0) is 60.2 Å². The molecule has 0 amide bonds. The van der Waals surface area contributed by atoms with Gasteiger partial charge in [-0.15, -0.1) is 11.6 Å². The maximum Gasteiger partial charge on any atom is 0.119 e. The SMILES string of the molecule is COc1cccc(CC(CCl)Cc2cc(Cl)ccc2Cl)c1. The Morgan fingerprint density at radius 3 is 2.57 bits per heavy atom. The highest BCUT2D eigenvalue weighted by atomic mass is 35.5. The minimum atomic E-state index is 0.301. The molecule has 0 aliphatic carbocycles. The number of rotatable bonds is 6. The molecule has 1 atom stereocenters. The van der Waals surface area contributed by atoms with Crippen molar-refractivity contribution in [2.75, 3.05) is 13.0 Å². The smallest absolute Gasteiger partial charge is 0.119 e. The Labute approximate surface area is 140 Å². The van der Waals surface area contributed by atoms with Crippen LogP contribution in [-0.4, -0.2) is 13.0 Å². The first-order valence-corrected chi connectivity index (χ1v) is 8.04. The summed E-state index contributed by atoms with van der Waals surface area (Å²) in [7, 11) is 1.67. The first-order chi connectivity index (χ1) is 10.1. The van der Waals surface area contributed by atoms with Gasteiger partial charge in [0.2, 0.25) is 0 Å². The van der Waals surface area contributed by atoms with Gasteiger partial charge in [-0.3, -0.25) is 0 Å². The lowest BCUT2D eigenvalue weighted by Gasteiger charge is -2.16. The van der Waals surface area contributed by atoms with Crippen LogP contribution >= 0.6 is 34.8 Å². The Balaban J connectivity index is 2.10. The number of methoxy groups -OCH3 is 1. The maximum atomic E-state index is 6.23. The highest BCUT2D eigenvalue weighted by Gasteiger charge is 2.13. The third kappa shape index (κ3) is 4.81. The van der Waals surface area contributed by atoms with Gasteiger partial charge in [0.05, 0.1) is 7.11 Å². The molecule has 0 bridgehead atoms. The molecule has 0 aliphatic rings. The molecule has 4 heteroatoms. The predicted molar refractivity (Wildman–Crippen MR) is 91.1 cm³/mol. The molecule has 0 aromatic heterocycles. The van der Waals surface area contributed by atoms with Gasteiger partial charge in [-0.2, -0.15) is 0 Å². The van der Waals surface area contributed by atoms with Gasteiger partial charge in [0.15, 0.2) is 0 Å². The van der Waals surface area contributed by atoms with Crippen molar-refractivity contribution in [1.82, 2.24) is 0 Å². The molecule has 0 fully saturated rings. The van der Waals surface area contributed by atoms with E-state index in [4.69, 9.17) is 39.5 Å². The Morgan fingerprint density at radius 1 is 1.05 bits per heavy atom. The zero-order valence-electron chi connectivity index (χ0n) is 11.8. The van der Waals surface area contributed by atoms with Crippen molar-refractivity contribution in [2.24, 2.45) is 5.92 Å². The van der Waals surface area contributed by atoms with E-state index >= 15 is 0 Å². The third-order valence-corrected chi connectivity index (χ3v) is 4.43. The van der Waals surface area contributed by atoms with E-state index in [1.807, 2.05) is 30.3 Å².